The molecular formula is C50H93NO8. The summed E-state index contributed by atoms with van der Waals surface area (Å²) < 4.78 is 11.2. The lowest BCUT2D eigenvalue weighted by atomic mass is 9.99. The smallest absolute Gasteiger partial charge is 0.220 e. The number of hydrogen-bond acceptors (Lipinski definition) is 8. The van der Waals surface area contributed by atoms with Crippen molar-refractivity contribution >= 4 is 5.91 Å². The van der Waals surface area contributed by atoms with E-state index in [2.05, 4.69) is 43.5 Å². The first-order valence-electron chi connectivity index (χ1n) is 24.7. The first-order chi connectivity index (χ1) is 28.8. The maximum atomic E-state index is 13.0. The first-order valence-corrected chi connectivity index (χ1v) is 24.7. The number of carbonyl (C=O) groups is 1. The molecule has 0 saturated carbocycles. The molecule has 0 aromatic rings. The third kappa shape index (κ3) is 31.0. The van der Waals surface area contributed by atoms with Crippen molar-refractivity contribution in [3.05, 3.63) is 36.5 Å². The fourth-order valence-electron chi connectivity index (χ4n) is 7.73. The summed E-state index contributed by atoms with van der Waals surface area (Å²) in [5.74, 6) is -0.190. The third-order valence-electron chi connectivity index (χ3n) is 11.7. The van der Waals surface area contributed by atoms with Crippen LogP contribution in [0.15, 0.2) is 36.5 Å². The molecule has 0 aromatic heterocycles. The number of unbranched alkanes of at least 4 members (excludes halogenated alkanes) is 27. The zero-order valence-corrected chi connectivity index (χ0v) is 38.0. The Bertz CT molecular complexity index is 1020. The highest BCUT2D eigenvalue weighted by Crippen LogP contribution is 2.23. The van der Waals surface area contributed by atoms with Crippen LogP contribution in [0, 0.1) is 0 Å². The number of rotatable bonds is 41. The molecule has 0 aromatic carbocycles. The van der Waals surface area contributed by atoms with Crippen LogP contribution in [0.25, 0.3) is 0 Å². The van der Waals surface area contributed by atoms with Crippen LogP contribution >= 0.6 is 0 Å². The molecule has 59 heavy (non-hydrogen) atoms. The SMILES string of the molecule is CCC/C=C/CC/C=C/CC/C=C/C(O)C(COC1OC(CO)C(O)C(O)C1O)NC(=O)CCCCCCCCCCCCCCCCCCCCCCCCCCC. The highest BCUT2D eigenvalue weighted by Gasteiger charge is 2.44. The van der Waals surface area contributed by atoms with E-state index in [0.717, 1.165) is 57.8 Å². The van der Waals surface area contributed by atoms with Gasteiger partial charge in [-0.3, -0.25) is 4.79 Å². The summed E-state index contributed by atoms with van der Waals surface area (Å²) in [4.78, 5) is 13.0. The van der Waals surface area contributed by atoms with E-state index in [1.807, 2.05) is 6.08 Å². The van der Waals surface area contributed by atoms with Crippen LogP contribution in [0.3, 0.4) is 0 Å². The second-order valence-corrected chi connectivity index (χ2v) is 17.2. The summed E-state index contributed by atoms with van der Waals surface area (Å²) in [6.07, 6.45) is 43.6. The maximum absolute atomic E-state index is 13.0. The van der Waals surface area contributed by atoms with Crippen molar-refractivity contribution < 1.29 is 39.8 Å². The average Bonchev–Trinajstić information content (AvgIpc) is 3.23. The Morgan fingerprint density at radius 3 is 1.39 bits per heavy atom. The van der Waals surface area contributed by atoms with Crippen LogP contribution in [0.4, 0.5) is 0 Å². The zero-order chi connectivity index (χ0) is 43.0. The number of carbonyl (C=O) groups excluding carboxylic acids is 1. The standard InChI is InChI=1S/C50H93NO8/c1-3-5-7-9-11-13-15-16-17-18-19-20-21-22-23-24-25-26-27-28-30-32-34-36-38-40-46(54)51-43(42-58-50-49(57)48(56)47(55)45(41-52)59-50)44(53)39-37-35-33-31-29-14-12-10-8-6-4-2/h8,10,29,31,37,39,43-45,47-50,52-53,55-57H,3-7,9,11-28,30,32-36,38,40-42H2,1-2H3,(H,51,54)/b10-8+,31-29+,39-37+. The largest absolute Gasteiger partial charge is 0.394 e. The molecule has 1 amide bonds. The molecule has 0 bridgehead atoms. The Kier molecular flexibility index (Phi) is 38.0. The van der Waals surface area contributed by atoms with Gasteiger partial charge in [-0.25, -0.2) is 0 Å². The van der Waals surface area contributed by atoms with Crippen molar-refractivity contribution in [3.63, 3.8) is 0 Å². The Balaban J connectivity index is 2.21. The summed E-state index contributed by atoms with van der Waals surface area (Å²) >= 11 is 0. The van der Waals surface area contributed by atoms with E-state index in [9.17, 15) is 30.3 Å². The van der Waals surface area contributed by atoms with Gasteiger partial charge in [0, 0.05) is 6.42 Å². The van der Waals surface area contributed by atoms with E-state index in [4.69, 9.17) is 9.47 Å². The number of aliphatic hydroxyl groups is 5. The molecule has 346 valence electrons. The van der Waals surface area contributed by atoms with E-state index in [1.54, 1.807) is 6.08 Å². The molecule has 0 radical (unpaired) electrons. The highest BCUT2D eigenvalue weighted by molar-refractivity contribution is 5.76. The van der Waals surface area contributed by atoms with Gasteiger partial charge in [0.25, 0.3) is 0 Å². The van der Waals surface area contributed by atoms with Gasteiger partial charge in [-0.2, -0.15) is 0 Å². The molecule has 7 atom stereocenters. The molecule has 1 fully saturated rings. The predicted molar refractivity (Wildman–Crippen MR) is 244 cm³/mol. The minimum absolute atomic E-state index is 0.190. The number of nitrogens with one attached hydrogen (secondary N) is 1. The molecule has 9 nitrogen and oxygen atoms in total. The molecule has 0 spiro atoms. The molecule has 6 N–H and O–H groups in total. The fourth-order valence-corrected chi connectivity index (χ4v) is 7.73. The van der Waals surface area contributed by atoms with Crippen LogP contribution in [0.5, 0.6) is 0 Å². The number of ether oxygens (including phenoxy) is 2. The van der Waals surface area contributed by atoms with Gasteiger partial charge < -0.3 is 40.3 Å². The Morgan fingerprint density at radius 2 is 0.966 bits per heavy atom. The lowest BCUT2D eigenvalue weighted by Gasteiger charge is -2.40. The van der Waals surface area contributed by atoms with Gasteiger partial charge >= 0.3 is 0 Å². The summed E-state index contributed by atoms with van der Waals surface area (Å²) in [7, 11) is 0. The number of amides is 1. The van der Waals surface area contributed by atoms with E-state index in [-0.39, 0.29) is 12.5 Å². The van der Waals surface area contributed by atoms with Crippen molar-refractivity contribution in [1.29, 1.82) is 0 Å². The van der Waals surface area contributed by atoms with E-state index >= 15 is 0 Å². The van der Waals surface area contributed by atoms with Gasteiger partial charge in [0.1, 0.15) is 24.4 Å². The normalized spacial score (nSPS) is 21.0. The van der Waals surface area contributed by atoms with E-state index < -0.39 is 49.5 Å². The quantitative estimate of drug-likeness (QED) is 0.0263. The third-order valence-corrected chi connectivity index (χ3v) is 11.7. The molecule has 1 rings (SSSR count). The molecule has 9 heteroatoms. The van der Waals surface area contributed by atoms with E-state index in [0.29, 0.717) is 6.42 Å². The summed E-state index contributed by atoms with van der Waals surface area (Å²) in [6, 6.07) is -0.823. The second kappa shape index (κ2) is 40.5. The summed E-state index contributed by atoms with van der Waals surface area (Å²) in [5.41, 5.74) is 0. The number of allylic oxidation sites excluding steroid dienone is 5. The summed E-state index contributed by atoms with van der Waals surface area (Å²) in [6.45, 7) is 3.68. The maximum Gasteiger partial charge on any atom is 0.220 e. The molecular weight excluding hydrogens is 743 g/mol. The van der Waals surface area contributed by atoms with Crippen LogP contribution in [0.2, 0.25) is 0 Å². The van der Waals surface area contributed by atoms with Gasteiger partial charge in [-0.05, 0) is 38.5 Å². The number of hydrogen-bond donors (Lipinski definition) is 6. The summed E-state index contributed by atoms with van der Waals surface area (Å²) in [5, 5.41) is 54.1. The van der Waals surface area contributed by atoms with E-state index in [1.165, 1.54) is 141 Å². The molecule has 1 heterocycles. The Morgan fingerprint density at radius 1 is 0.559 bits per heavy atom. The van der Waals surface area contributed by atoms with Crippen molar-refractivity contribution in [2.75, 3.05) is 13.2 Å². The predicted octanol–water partition coefficient (Wildman–Crippen LogP) is 10.8. The van der Waals surface area contributed by atoms with Crippen LogP contribution < -0.4 is 5.32 Å². The molecule has 0 aliphatic carbocycles. The van der Waals surface area contributed by atoms with Gasteiger partial charge in [0.15, 0.2) is 6.29 Å². The van der Waals surface area contributed by atoms with Crippen LogP contribution in [-0.2, 0) is 14.3 Å². The minimum Gasteiger partial charge on any atom is -0.394 e. The molecule has 1 saturated heterocycles. The fraction of sp³-hybridized carbons (Fsp3) is 0.860. The Hall–Kier alpha value is -1.59. The van der Waals surface area contributed by atoms with Gasteiger partial charge in [0.05, 0.1) is 25.4 Å². The molecule has 1 aliphatic rings. The second-order valence-electron chi connectivity index (χ2n) is 17.2. The zero-order valence-electron chi connectivity index (χ0n) is 38.0. The lowest BCUT2D eigenvalue weighted by molar-refractivity contribution is -0.302. The van der Waals surface area contributed by atoms with Crippen molar-refractivity contribution in [3.8, 4) is 0 Å². The number of aliphatic hydroxyl groups excluding tert-OH is 5. The van der Waals surface area contributed by atoms with Crippen LogP contribution in [0.1, 0.15) is 219 Å². The van der Waals surface area contributed by atoms with Crippen molar-refractivity contribution in [2.24, 2.45) is 0 Å². The van der Waals surface area contributed by atoms with Gasteiger partial charge in [0.2, 0.25) is 5.91 Å². The molecule has 1 aliphatic heterocycles. The minimum atomic E-state index is -1.57. The Labute approximate surface area is 361 Å². The highest BCUT2D eigenvalue weighted by atomic mass is 16.7. The average molecular weight is 836 g/mol. The van der Waals surface area contributed by atoms with Crippen LogP contribution in [-0.4, -0.2) is 87.5 Å². The van der Waals surface area contributed by atoms with Gasteiger partial charge in [-0.15, -0.1) is 0 Å². The first kappa shape index (κ1) is 55.4. The monoisotopic (exact) mass is 836 g/mol. The lowest BCUT2D eigenvalue weighted by Crippen LogP contribution is -2.60. The van der Waals surface area contributed by atoms with Gasteiger partial charge in [-0.1, -0.05) is 211 Å². The molecule has 7 unspecified atom stereocenters. The topological polar surface area (TPSA) is 149 Å². The van der Waals surface area contributed by atoms with Crippen molar-refractivity contribution in [1.82, 2.24) is 5.32 Å². The van der Waals surface area contributed by atoms with Crippen molar-refractivity contribution in [2.45, 2.75) is 262 Å².